The molecule has 0 unspecified atom stereocenters. The van der Waals surface area contributed by atoms with Gasteiger partial charge in [0.1, 0.15) is 0 Å². The lowest BCUT2D eigenvalue weighted by atomic mass is 10.1. The fourth-order valence-corrected chi connectivity index (χ4v) is 5.06. The quantitative estimate of drug-likeness (QED) is 0.475. The molecule has 138 valence electrons. The van der Waals surface area contributed by atoms with E-state index in [-0.39, 0.29) is 12.3 Å². The molecule has 1 saturated carbocycles. The van der Waals surface area contributed by atoms with Gasteiger partial charge in [-0.05, 0) is 30.9 Å². The molecule has 1 aromatic carbocycles. The number of fused-ring (bicyclic) bond motifs is 1. The highest BCUT2D eigenvalue weighted by molar-refractivity contribution is 7.92. The first-order chi connectivity index (χ1) is 12.1. The molecule has 6 nitrogen and oxygen atoms in total. The van der Waals surface area contributed by atoms with Crippen molar-refractivity contribution in [3.05, 3.63) is 29.8 Å². The lowest BCUT2D eigenvalue weighted by molar-refractivity contribution is 0.530. The van der Waals surface area contributed by atoms with Gasteiger partial charge in [0.15, 0.2) is 5.96 Å². The Bertz CT molecular complexity index is 710. The zero-order valence-electron chi connectivity index (χ0n) is 14.7. The summed E-state index contributed by atoms with van der Waals surface area (Å²) in [5.74, 6) is 0.345. The van der Waals surface area contributed by atoms with E-state index in [0.29, 0.717) is 18.5 Å². The lowest BCUT2D eigenvalue weighted by Gasteiger charge is -2.19. The van der Waals surface area contributed by atoms with Crippen molar-refractivity contribution in [3.63, 3.8) is 0 Å². The van der Waals surface area contributed by atoms with E-state index in [2.05, 4.69) is 10.3 Å². The predicted octanol–water partition coefficient (Wildman–Crippen LogP) is 2.01. The maximum Gasteiger partial charge on any atom is 0.237 e. The van der Waals surface area contributed by atoms with E-state index in [0.717, 1.165) is 30.5 Å². The van der Waals surface area contributed by atoms with Crippen molar-refractivity contribution in [1.29, 1.82) is 0 Å². The van der Waals surface area contributed by atoms with Crippen molar-refractivity contribution in [3.8, 4) is 0 Å². The standard InChI is InChI=1S/C18H28N4O2S/c19-18(21-16-8-3-1-2-4-9-16)20-12-14-25(23,24)22-13-11-15-7-5-6-10-17(15)22/h5-7,10,16H,1-4,8-9,11-14H2,(H3,19,20,21). The van der Waals surface area contributed by atoms with Crippen LogP contribution in [0.4, 0.5) is 5.69 Å². The third-order valence-corrected chi connectivity index (χ3v) is 6.77. The van der Waals surface area contributed by atoms with Crippen molar-refractivity contribution < 1.29 is 8.42 Å². The highest BCUT2D eigenvalue weighted by Crippen LogP contribution is 2.29. The summed E-state index contributed by atoms with van der Waals surface area (Å²) in [7, 11) is -3.37. The summed E-state index contributed by atoms with van der Waals surface area (Å²) >= 11 is 0. The molecular formula is C18H28N4O2S. The number of hydrogen-bond donors (Lipinski definition) is 2. The van der Waals surface area contributed by atoms with E-state index in [9.17, 15) is 8.42 Å². The van der Waals surface area contributed by atoms with Crippen LogP contribution in [0, 0.1) is 0 Å². The van der Waals surface area contributed by atoms with Gasteiger partial charge in [0.05, 0.1) is 18.0 Å². The van der Waals surface area contributed by atoms with Crippen LogP contribution in [0.1, 0.15) is 44.1 Å². The molecule has 1 aromatic rings. The van der Waals surface area contributed by atoms with Gasteiger partial charge in [-0.1, -0.05) is 43.9 Å². The number of para-hydroxylation sites is 1. The van der Waals surface area contributed by atoms with Gasteiger partial charge in [-0.2, -0.15) is 0 Å². The Morgan fingerprint density at radius 3 is 2.68 bits per heavy atom. The molecule has 0 bridgehead atoms. The minimum absolute atomic E-state index is 0.0195. The van der Waals surface area contributed by atoms with Crippen LogP contribution in [-0.2, 0) is 16.4 Å². The average molecular weight is 365 g/mol. The number of nitrogens with two attached hydrogens (primary N) is 1. The number of aliphatic imine (C=N–C) groups is 1. The Kier molecular flexibility index (Phi) is 5.83. The van der Waals surface area contributed by atoms with Gasteiger partial charge in [0.25, 0.3) is 0 Å². The number of rotatable bonds is 5. The Balaban J connectivity index is 1.54. The number of hydrogen-bond acceptors (Lipinski definition) is 3. The highest BCUT2D eigenvalue weighted by Gasteiger charge is 2.28. The first kappa shape index (κ1) is 18.0. The summed E-state index contributed by atoms with van der Waals surface area (Å²) in [6.07, 6.45) is 7.99. The number of guanidine groups is 1. The molecule has 7 heteroatoms. The molecular weight excluding hydrogens is 336 g/mol. The Morgan fingerprint density at radius 1 is 1.20 bits per heavy atom. The van der Waals surface area contributed by atoms with E-state index < -0.39 is 10.0 Å². The minimum atomic E-state index is -3.37. The van der Waals surface area contributed by atoms with Crippen LogP contribution >= 0.6 is 0 Å². The summed E-state index contributed by atoms with van der Waals surface area (Å²) in [5.41, 5.74) is 7.83. The van der Waals surface area contributed by atoms with Crippen LogP contribution < -0.4 is 15.4 Å². The van der Waals surface area contributed by atoms with E-state index >= 15 is 0 Å². The Morgan fingerprint density at radius 2 is 1.92 bits per heavy atom. The smallest absolute Gasteiger partial charge is 0.237 e. The zero-order valence-corrected chi connectivity index (χ0v) is 15.5. The normalized spacial score (nSPS) is 19.5. The number of sulfonamides is 1. The molecule has 0 aromatic heterocycles. The van der Waals surface area contributed by atoms with Crippen molar-refractivity contribution in [2.24, 2.45) is 10.7 Å². The monoisotopic (exact) mass is 364 g/mol. The van der Waals surface area contributed by atoms with Crippen molar-refractivity contribution >= 4 is 21.7 Å². The molecule has 1 aliphatic heterocycles. The minimum Gasteiger partial charge on any atom is -0.370 e. The molecule has 0 spiro atoms. The maximum absolute atomic E-state index is 12.6. The van der Waals surface area contributed by atoms with Crippen LogP contribution in [-0.4, -0.2) is 39.3 Å². The molecule has 3 rings (SSSR count). The van der Waals surface area contributed by atoms with Gasteiger partial charge in [-0.3, -0.25) is 9.30 Å². The highest BCUT2D eigenvalue weighted by atomic mass is 32.2. The molecule has 0 amide bonds. The Hall–Kier alpha value is -1.76. The van der Waals surface area contributed by atoms with Crippen LogP contribution in [0.3, 0.4) is 0 Å². The molecule has 0 atom stereocenters. The molecule has 25 heavy (non-hydrogen) atoms. The SMILES string of the molecule is NC(=NCCS(=O)(=O)N1CCc2ccccc21)NC1CCCCCC1. The summed E-state index contributed by atoms with van der Waals surface area (Å²) in [5, 5.41) is 3.25. The third-order valence-electron chi connectivity index (χ3n) is 5.02. The van der Waals surface area contributed by atoms with Gasteiger partial charge >= 0.3 is 0 Å². The van der Waals surface area contributed by atoms with Gasteiger partial charge < -0.3 is 11.1 Å². The van der Waals surface area contributed by atoms with Crippen LogP contribution in [0.15, 0.2) is 29.3 Å². The van der Waals surface area contributed by atoms with E-state index in [1.165, 1.54) is 30.0 Å². The molecule has 2 aliphatic rings. The van der Waals surface area contributed by atoms with Gasteiger partial charge in [-0.15, -0.1) is 0 Å². The van der Waals surface area contributed by atoms with Crippen LogP contribution in [0.2, 0.25) is 0 Å². The van der Waals surface area contributed by atoms with Crippen LogP contribution in [0.5, 0.6) is 0 Å². The molecule has 1 heterocycles. The lowest BCUT2D eigenvalue weighted by Crippen LogP contribution is -2.40. The van der Waals surface area contributed by atoms with Gasteiger partial charge in [-0.25, -0.2) is 8.42 Å². The summed E-state index contributed by atoms with van der Waals surface area (Å²) in [4.78, 5) is 4.24. The summed E-state index contributed by atoms with van der Waals surface area (Å²) < 4.78 is 26.7. The molecule has 1 aliphatic carbocycles. The maximum atomic E-state index is 12.6. The van der Waals surface area contributed by atoms with Crippen molar-refractivity contribution in [2.45, 2.75) is 51.0 Å². The van der Waals surface area contributed by atoms with Gasteiger partial charge in [0.2, 0.25) is 10.0 Å². The fourth-order valence-electron chi connectivity index (χ4n) is 3.67. The zero-order chi connectivity index (χ0) is 17.7. The van der Waals surface area contributed by atoms with Crippen molar-refractivity contribution in [2.75, 3.05) is 23.1 Å². The first-order valence-electron chi connectivity index (χ1n) is 9.21. The predicted molar refractivity (Wildman–Crippen MR) is 102 cm³/mol. The van der Waals surface area contributed by atoms with E-state index in [1.807, 2.05) is 24.3 Å². The number of anilines is 1. The van der Waals surface area contributed by atoms with Crippen molar-refractivity contribution in [1.82, 2.24) is 5.32 Å². The second-order valence-electron chi connectivity index (χ2n) is 6.87. The largest absolute Gasteiger partial charge is 0.370 e. The second kappa shape index (κ2) is 8.08. The second-order valence-corrected chi connectivity index (χ2v) is 8.88. The van der Waals surface area contributed by atoms with Gasteiger partial charge in [0, 0.05) is 12.6 Å². The van der Waals surface area contributed by atoms with E-state index in [1.54, 1.807) is 0 Å². The third kappa shape index (κ3) is 4.66. The summed E-state index contributed by atoms with van der Waals surface area (Å²) in [6.45, 7) is 0.702. The molecule has 3 N–H and O–H groups in total. The average Bonchev–Trinajstić information content (AvgIpc) is 2.87. The fraction of sp³-hybridized carbons (Fsp3) is 0.611. The summed E-state index contributed by atoms with van der Waals surface area (Å²) in [6, 6.07) is 8.04. The number of nitrogens with zero attached hydrogens (tertiary/aromatic N) is 2. The number of nitrogens with one attached hydrogen (secondary N) is 1. The molecule has 1 fully saturated rings. The molecule has 0 saturated heterocycles. The van der Waals surface area contributed by atoms with E-state index in [4.69, 9.17) is 5.73 Å². The Labute approximate surface area is 150 Å². The first-order valence-corrected chi connectivity index (χ1v) is 10.8. The molecule has 0 radical (unpaired) electrons. The van der Waals surface area contributed by atoms with Crippen LogP contribution in [0.25, 0.3) is 0 Å². The topological polar surface area (TPSA) is 87.8 Å². The number of benzene rings is 1.